The van der Waals surface area contributed by atoms with Gasteiger partial charge in [-0.1, -0.05) is 29.8 Å². The number of halogens is 1. The van der Waals surface area contributed by atoms with Crippen molar-refractivity contribution in [1.29, 1.82) is 0 Å². The van der Waals surface area contributed by atoms with E-state index in [1.54, 1.807) is 18.2 Å². The lowest BCUT2D eigenvalue weighted by Gasteiger charge is -2.10. The van der Waals surface area contributed by atoms with Crippen LogP contribution in [-0.4, -0.2) is 5.91 Å². The van der Waals surface area contributed by atoms with Gasteiger partial charge in [0.2, 0.25) is 0 Å². The highest BCUT2D eigenvalue weighted by molar-refractivity contribution is 6.31. The summed E-state index contributed by atoms with van der Waals surface area (Å²) in [5.74, 6) is 5.20. The standard InChI is InChI=1S/C15H16ClN3O/c1-10-8-12(19-17)6-7-13(10)15(20)18-9-11-4-2-3-5-14(11)16/h2-8,19H,9,17H2,1H3,(H,18,20). The average molecular weight is 290 g/mol. The lowest BCUT2D eigenvalue weighted by Crippen LogP contribution is -2.23. The smallest absolute Gasteiger partial charge is 0.251 e. The van der Waals surface area contributed by atoms with E-state index in [9.17, 15) is 4.79 Å². The molecule has 5 heteroatoms. The molecule has 0 saturated carbocycles. The first kappa shape index (κ1) is 14.4. The molecule has 0 spiro atoms. The van der Waals surface area contributed by atoms with Crippen molar-refractivity contribution in [1.82, 2.24) is 5.32 Å². The predicted molar refractivity (Wildman–Crippen MR) is 81.6 cm³/mol. The lowest BCUT2D eigenvalue weighted by molar-refractivity contribution is 0.0950. The number of carbonyl (C=O) groups is 1. The Morgan fingerprint density at radius 2 is 2.00 bits per heavy atom. The number of hydrogen-bond acceptors (Lipinski definition) is 3. The Balaban J connectivity index is 2.07. The Morgan fingerprint density at radius 3 is 2.65 bits per heavy atom. The van der Waals surface area contributed by atoms with Gasteiger partial charge < -0.3 is 10.7 Å². The fourth-order valence-electron chi connectivity index (χ4n) is 1.92. The molecule has 0 fully saturated rings. The van der Waals surface area contributed by atoms with Gasteiger partial charge in [-0.05, 0) is 42.3 Å². The summed E-state index contributed by atoms with van der Waals surface area (Å²) < 4.78 is 0. The second kappa shape index (κ2) is 6.41. The van der Waals surface area contributed by atoms with Gasteiger partial charge in [0, 0.05) is 22.8 Å². The third-order valence-electron chi connectivity index (χ3n) is 3.03. The number of anilines is 1. The van der Waals surface area contributed by atoms with Crippen molar-refractivity contribution >= 4 is 23.2 Å². The van der Waals surface area contributed by atoms with Crippen molar-refractivity contribution in [3.8, 4) is 0 Å². The minimum atomic E-state index is -0.133. The monoisotopic (exact) mass is 289 g/mol. The van der Waals surface area contributed by atoms with Crippen LogP contribution in [-0.2, 0) is 6.54 Å². The summed E-state index contributed by atoms with van der Waals surface area (Å²) in [5, 5.41) is 3.50. The number of nitrogens with one attached hydrogen (secondary N) is 2. The number of benzene rings is 2. The van der Waals surface area contributed by atoms with E-state index in [0.717, 1.165) is 16.8 Å². The van der Waals surface area contributed by atoms with Crippen LogP contribution >= 0.6 is 11.6 Å². The van der Waals surface area contributed by atoms with E-state index in [-0.39, 0.29) is 5.91 Å². The van der Waals surface area contributed by atoms with Crippen LogP contribution in [0.1, 0.15) is 21.5 Å². The first-order chi connectivity index (χ1) is 9.61. The van der Waals surface area contributed by atoms with Gasteiger partial charge in [-0.25, -0.2) is 0 Å². The van der Waals surface area contributed by atoms with Crippen LogP contribution < -0.4 is 16.6 Å². The molecule has 2 rings (SSSR count). The van der Waals surface area contributed by atoms with Crippen molar-refractivity contribution in [2.45, 2.75) is 13.5 Å². The Morgan fingerprint density at radius 1 is 1.25 bits per heavy atom. The zero-order chi connectivity index (χ0) is 14.5. The molecule has 0 radical (unpaired) electrons. The number of carbonyl (C=O) groups excluding carboxylic acids is 1. The second-order valence-electron chi connectivity index (χ2n) is 4.45. The number of aryl methyl sites for hydroxylation is 1. The maximum Gasteiger partial charge on any atom is 0.251 e. The van der Waals surface area contributed by atoms with Crippen molar-refractivity contribution in [2.24, 2.45) is 5.84 Å². The Hall–Kier alpha value is -2.04. The van der Waals surface area contributed by atoms with Gasteiger partial charge in [-0.15, -0.1) is 0 Å². The van der Waals surface area contributed by atoms with Crippen LogP contribution in [0.25, 0.3) is 0 Å². The van der Waals surface area contributed by atoms with Crippen LogP contribution in [0.5, 0.6) is 0 Å². The van der Waals surface area contributed by atoms with E-state index >= 15 is 0 Å². The van der Waals surface area contributed by atoms with E-state index in [4.69, 9.17) is 17.4 Å². The third-order valence-corrected chi connectivity index (χ3v) is 3.40. The molecule has 0 aliphatic rings. The quantitative estimate of drug-likeness (QED) is 0.599. The van der Waals surface area contributed by atoms with Gasteiger partial charge in [0.1, 0.15) is 0 Å². The molecular weight excluding hydrogens is 274 g/mol. The fourth-order valence-corrected chi connectivity index (χ4v) is 2.12. The molecule has 4 N–H and O–H groups in total. The SMILES string of the molecule is Cc1cc(NN)ccc1C(=O)NCc1ccccc1Cl. The summed E-state index contributed by atoms with van der Waals surface area (Å²) in [6.45, 7) is 2.26. The summed E-state index contributed by atoms with van der Waals surface area (Å²) in [6.07, 6.45) is 0. The molecule has 1 amide bonds. The summed E-state index contributed by atoms with van der Waals surface area (Å²) in [4.78, 5) is 12.1. The van der Waals surface area contributed by atoms with Crippen molar-refractivity contribution in [3.05, 3.63) is 64.2 Å². The van der Waals surface area contributed by atoms with Crippen LogP contribution in [0.3, 0.4) is 0 Å². The van der Waals surface area contributed by atoms with Crippen LogP contribution in [0.2, 0.25) is 5.02 Å². The molecule has 0 aliphatic carbocycles. The van der Waals surface area contributed by atoms with Gasteiger partial charge >= 0.3 is 0 Å². The number of rotatable bonds is 4. The molecule has 0 atom stereocenters. The summed E-state index contributed by atoms with van der Waals surface area (Å²) in [7, 11) is 0. The highest BCUT2D eigenvalue weighted by Crippen LogP contribution is 2.16. The highest BCUT2D eigenvalue weighted by atomic mass is 35.5. The Bertz CT molecular complexity index is 628. The third kappa shape index (κ3) is 3.29. The molecule has 0 heterocycles. The minimum Gasteiger partial charge on any atom is -0.348 e. The molecule has 0 unspecified atom stereocenters. The molecule has 2 aromatic carbocycles. The molecule has 0 aromatic heterocycles. The summed E-state index contributed by atoms with van der Waals surface area (Å²) in [6, 6.07) is 12.8. The number of nitrogens with two attached hydrogens (primary N) is 1. The molecule has 4 nitrogen and oxygen atoms in total. The van der Waals surface area contributed by atoms with Gasteiger partial charge in [-0.2, -0.15) is 0 Å². The maximum absolute atomic E-state index is 12.1. The highest BCUT2D eigenvalue weighted by Gasteiger charge is 2.09. The second-order valence-corrected chi connectivity index (χ2v) is 4.86. The Labute approximate surface area is 122 Å². The molecule has 0 saturated heterocycles. The topological polar surface area (TPSA) is 67.1 Å². The first-order valence-corrected chi connectivity index (χ1v) is 6.58. The first-order valence-electron chi connectivity index (χ1n) is 6.20. The predicted octanol–water partition coefficient (Wildman–Crippen LogP) is 2.86. The average Bonchev–Trinajstić information content (AvgIpc) is 2.46. The normalized spacial score (nSPS) is 10.2. The molecular formula is C15H16ClN3O. The lowest BCUT2D eigenvalue weighted by atomic mass is 10.1. The number of hydrazine groups is 1. The van der Waals surface area contributed by atoms with Crippen molar-refractivity contribution in [3.63, 3.8) is 0 Å². The van der Waals surface area contributed by atoms with E-state index in [0.29, 0.717) is 17.1 Å². The Kier molecular flexibility index (Phi) is 4.61. The van der Waals surface area contributed by atoms with Gasteiger partial charge in [-0.3, -0.25) is 10.6 Å². The molecule has 104 valence electrons. The number of hydrogen-bond donors (Lipinski definition) is 3. The molecule has 0 aliphatic heterocycles. The number of amides is 1. The largest absolute Gasteiger partial charge is 0.348 e. The number of nitrogen functional groups attached to an aromatic ring is 1. The van der Waals surface area contributed by atoms with Gasteiger partial charge in [0.25, 0.3) is 5.91 Å². The van der Waals surface area contributed by atoms with Crippen LogP contribution in [0, 0.1) is 6.92 Å². The van der Waals surface area contributed by atoms with Gasteiger partial charge in [0.05, 0.1) is 0 Å². The van der Waals surface area contributed by atoms with E-state index < -0.39 is 0 Å². The molecule has 2 aromatic rings. The van der Waals surface area contributed by atoms with E-state index in [2.05, 4.69) is 10.7 Å². The van der Waals surface area contributed by atoms with Gasteiger partial charge in [0.15, 0.2) is 0 Å². The van der Waals surface area contributed by atoms with Crippen LogP contribution in [0.4, 0.5) is 5.69 Å². The zero-order valence-corrected chi connectivity index (χ0v) is 11.9. The molecule has 0 bridgehead atoms. The maximum atomic E-state index is 12.1. The van der Waals surface area contributed by atoms with Crippen molar-refractivity contribution in [2.75, 3.05) is 5.43 Å². The van der Waals surface area contributed by atoms with E-state index in [1.165, 1.54) is 0 Å². The van der Waals surface area contributed by atoms with Crippen molar-refractivity contribution < 1.29 is 4.79 Å². The zero-order valence-electron chi connectivity index (χ0n) is 11.1. The summed E-state index contributed by atoms with van der Waals surface area (Å²) in [5.41, 5.74) is 5.69. The fraction of sp³-hybridized carbons (Fsp3) is 0.133. The van der Waals surface area contributed by atoms with Crippen LogP contribution in [0.15, 0.2) is 42.5 Å². The molecule has 20 heavy (non-hydrogen) atoms. The summed E-state index contributed by atoms with van der Waals surface area (Å²) >= 11 is 6.05. The minimum absolute atomic E-state index is 0.133. The van der Waals surface area contributed by atoms with E-state index in [1.807, 2.05) is 31.2 Å².